The Hall–Kier alpha value is -0.570. The average Bonchev–Trinajstić information content (AvgIpc) is 2.85. The molecule has 1 fully saturated rings. The highest BCUT2D eigenvalue weighted by atomic mass is 16.2. The van der Waals surface area contributed by atoms with Gasteiger partial charge in [0.2, 0.25) is 5.91 Å². The summed E-state index contributed by atoms with van der Waals surface area (Å²) >= 11 is 0. The summed E-state index contributed by atoms with van der Waals surface area (Å²) in [5.74, 6) is 0.275. The monoisotopic (exact) mass is 226 g/mol. The number of rotatable bonds is 6. The normalized spacial score (nSPS) is 16.8. The van der Waals surface area contributed by atoms with Gasteiger partial charge in [0.05, 0.1) is 6.54 Å². The van der Waals surface area contributed by atoms with E-state index in [2.05, 4.69) is 26.1 Å². The maximum atomic E-state index is 11.9. The zero-order chi connectivity index (χ0) is 12.0. The second-order valence-corrected chi connectivity index (χ2v) is 4.78. The molecule has 0 aromatic rings. The summed E-state index contributed by atoms with van der Waals surface area (Å²) in [7, 11) is 0. The molecule has 3 heteroatoms. The molecule has 0 aliphatic carbocycles. The van der Waals surface area contributed by atoms with E-state index in [1.165, 1.54) is 12.8 Å². The van der Waals surface area contributed by atoms with Crippen molar-refractivity contribution in [3.8, 4) is 0 Å². The molecule has 1 aliphatic rings. The maximum Gasteiger partial charge on any atom is 0.236 e. The molecule has 0 aromatic heterocycles. The van der Waals surface area contributed by atoms with Crippen LogP contribution in [0.2, 0.25) is 0 Å². The Balaban J connectivity index is 2.39. The highest BCUT2D eigenvalue weighted by molar-refractivity contribution is 5.78. The lowest BCUT2D eigenvalue weighted by atomic mass is 9.90. The smallest absolute Gasteiger partial charge is 0.236 e. The Bertz CT molecular complexity index is 210. The first-order chi connectivity index (χ1) is 7.67. The number of nitrogens with zero attached hydrogens (tertiary/aromatic N) is 1. The number of hydrogen-bond acceptors (Lipinski definition) is 2. The number of carbonyl (C=O) groups excluding carboxylic acids is 1. The van der Waals surface area contributed by atoms with Crippen LogP contribution in [0.1, 0.15) is 52.9 Å². The van der Waals surface area contributed by atoms with Crippen molar-refractivity contribution in [2.24, 2.45) is 0 Å². The van der Waals surface area contributed by atoms with Crippen LogP contribution in [0.5, 0.6) is 0 Å². The Labute approximate surface area is 99.6 Å². The van der Waals surface area contributed by atoms with E-state index in [0.717, 1.165) is 32.4 Å². The van der Waals surface area contributed by atoms with E-state index in [-0.39, 0.29) is 11.4 Å². The Kier molecular flexibility index (Phi) is 5.26. The van der Waals surface area contributed by atoms with Gasteiger partial charge in [-0.1, -0.05) is 20.8 Å². The molecule has 0 unspecified atom stereocenters. The minimum Gasteiger partial charge on any atom is -0.342 e. The molecule has 1 N–H and O–H groups in total. The summed E-state index contributed by atoms with van der Waals surface area (Å²) in [5.41, 5.74) is 0.162. The summed E-state index contributed by atoms with van der Waals surface area (Å²) in [6, 6.07) is 0. The van der Waals surface area contributed by atoms with Gasteiger partial charge in [-0.05, 0) is 32.1 Å². The fourth-order valence-corrected chi connectivity index (χ4v) is 2.47. The molecule has 1 amide bonds. The van der Waals surface area contributed by atoms with Crippen LogP contribution in [-0.2, 0) is 4.79 Å². The number of nitrogens with one attached hydrogen (secondary N) is 1. The summed E-state index contributed by atoms with van der Waals surface area (Å²) in [5, 5.41) is 3.47. The number of amides is 1. The lowest BCUT2D eigenvalue weighted by Gasteiger charge is -2.32. The zero-order valence-electron chi connectivity index (χ0n) is 11.0. The van der Waals surface area contributed by atoms with Gasteiger partial charge in [-0.25, -0.2) is 0 Å². The highest BCUT2D eigenvalue weighted by Crippen LogP contribution is 2.19. The van der Waals surface area contributed by atoms with E-state index in [9.17, 15) is 4.79 Å². The molecule has 0 bridgehead atoms. The molecule has 0 spiro atoms. The van der Waals surface area contributed by atoms with E-state index < -0.39 is 0 Å². The second kappa shape index (κ2) is 6.24. The van der Waals surface area contributed by atoms with E-state index in [1.54, 1.807) is 0 Å². The van der Waals surface area contributed by atoms with Crippen molar-refractivity contribution in [2.75, 3.05) is 19.6 Å². The molecular weight excluding hydrogens is 200 g/mol. The molecule has 1 aliphatic heterocycles. The van der Waals surface area contributed by atoms with Gasteiger partial charge in [0, 0.05) is 18.6 Å². The Morgan fingerprint density at radius 2 is 1.62 bits per heavy atom. The number of hydrogen-bond donors (Lipinski definition) is 1. The van der Waals surface area contributed by atoms with Gasteiger partial charge in [-0.2, -0.15) is 0 Å². The van der Waals surface area contributed by atoms with E-state index in [4.69, 9.17) is 0 Å². The first-order valence-corrected chi connectivity index (χ1v) is 6.70. The van der Waals surface area contributed by atoms with Crippen LogP contribution in [0, 0.1) is 0 Å². The molecule has 0 aromatic carbocycles. The topological polar surface area (TPSA) is 32.3 Å². The third-order valence-corrected chi connectivity index (χ3v) is 4.10. The molecule has 0 radical (unpaired) electrons. The molecular formula is C13H26N2O. The summed E-state index contributed by atoms with van der Waals surface area (Å²) < 4.78 is 0. The number of carbonyl (C=O) groups is 1. The lowest BCUT2D eigenvalue weighted by Crippen LogP contribution is -2.48. The molecule has 0 saturated carbocycles. The minimum atomic E-state index is 0.162. The minimum absolute atomic E-state index is 0.162. The van der Waals surface area contributed by atoms with Crippen LogP contribution >= 0.6 is 0 Å². The van der Waals surface area contributed by atoms with Gasteiger partial charge in [0.25, 0.3) is 0 Å². The molecule has 16 heavy (non-hydrogen) atoms. The van der Waals surface area contributed by atoms with E-state index in [1.807, 2.05) is 4.90 Å². The van der Waals surface area contributed by atoms with Gasteiger partial charge in [0.1, 0.15) is 0 Å². The van der Waals surface area contributed by atoms with E-state index >= 15 is 0 Å². The maximum absolute atomic E-state index is 11.9. The second-order valence-electron chi connectivity index (χ2n) is 4.78. The third kappa shape index (κ3) is 3.21. The fraction of sp³-hybridized carbons (Fsp3) is 0.923. The van der Waals surface area contributed by atoms with Gasteiger partial charge in [-0.15, -0.1) is 0 Å². The molecule has 1 heterocycles. The fourth-order valence-electron chi connectivity index (χ4n) is 2.47. The standard InChI is InChI=1S/C13H26N2O/c1-4-13(5-2,6-3)14-11-12(16)15-9-7-8-10-15/h14H,4-11H2,1-3H3. The summed E-state index contributed by atoms with van der Waals surface area (Å²) in [6.45, 7) is 9.01. The highest BCUT2D eigenvalue weighted by Gasteiger charge is 2.25. The van der Waals surface area contributed by atoms with E-state index in [0.29, 0.717) is 6.54 Å². The predicted octanol–water partition coefficient (Wildman–Crippen LogP) is 2.17. The van der Waals surface area contributed by atoms with Crippen LogP contribution in [0.3, 0.4) is 0 Å². The Morgan fingerprint density at radius 1 is 1.12 bits per heavy atom. The van der Waals surface area contributed by atoms with Crippen molar-refractivity contribution >= 4 is 5.91 Å². The predicted molar refractivity (Wildman–Crippen MR) is 67.4 cm³/mol. The SMILES string of the molecule is CCC(CC)(CC)NCC(=O)N1CCCC1. The molecule has 3 nitrogen and oxygen atoms in total. The van der Waals surface area contributed by atoms with Gasteiger partial charge in [0.15, 0.2) is 0 Å². The van der Waals surface area contributed by atoms with Crippen LogP contribution in [0.4, 0.5) is 0 Å². The van der Waals surface area contributed by atoms with Crippen molar-refractivity contribution in [3.63, 3.8) is 0 Å². The first-order valence-electron chi connectivity index (χ1n) is 6.70. The van der Waals surface area contributed by atoms with Crippen LogP contribution in [0.25, 0.3) is 0 Å². The largest absolute Gasteiger partial charge is 0.342 e. The third-order valence-electron chi connectivity index (χ3n) is 4.10. The number of likely N-dealkylation sites (tertiary alicyclic amines) is 1. The van der Waals surface area contributed by atoms with Gasteiger partial charge < -0.3 is 10.2 Å². The first kappa shape index (κ1) is 13.5. The lowest BCUT2D eigenvalue weighted by molar-refractivity contribution is -0.129. The molecule has 0 atom stereocenters. The molecule has 1 saturated heterocycles. The molecule has 1 rings (SSSR count). The van der Waals surface area contributed by atoms with Crippen LogP contribution in [-0.4, -0.2) is 36.0 Å². The van der Waals surface area contributed by atoms with Crippen LogP contribution < -0.4 is 5.32 Å². The van der Waals surface area contributed by atoms with Crippen molar-refractivity contribution < 1.29 is 4.79 Å². The van der Waals surface area contributed by atoms with Gasteiger partial charge >= 0.3 is 0 Å². The van der Waals surface area contributed by atoms with Crippen LogP contribution in [0.15, 0.2) is 0 Å². The summed E-state index contributed by atoms with van der Waals surface area (Å²) in [6.07, 6.45) is 5.62. The van der Waals surface area contributed by atoms with Crippen molar-refractivity contribution in [3.05, 3.63) is 0 Å². The molecule has 94 valence electrons. The van der Waals surface area contributed by atoms with Crippen molar-refractivity contribution in [2.45, 2.75) is 58.4 Å². The average molecular weight is 226 g/mol. The summed E-state index contributed by atoms with van der Waals surface area (Å²) in [4.78, 5) is 13.9. The van der Waals surface area contributed by atoms with Crippen molar-refractivity contribution in [1.82, 2.24) is 10.2 Å². The zero-order valence-corrected chi connectivity index (χ0v) is 11.0. The van der Waals surface area contributed by atoms with Crippen molar-refractivity contribution in [1.29, 1.82) is 0 Å². The Morgan fingerprint density at radius 3 is 2.06 bits per heavy atom. The van der Waals surface area contributed by atoms with Gasteiger partial charge in [-0.3, -0.25) is 4.79 Å². The quantitative estimate of drug-likeness (QED) is 0.753.